The van der Waals surface area contributed by atoms with Crippen molar-refractivity contribution in [2.24, 2.45) is 5.73 Å². The minimum Gasteiger partial charge on any atom is -0.325 e. The zero-order valence-corrected chi connectivity index (χ0v) is 7.68. The van der Waals surface area contributed by atoms with E-state index in [2.05, 4.69) is 20.9 Å². The van der Waals surface area contributed by atoms with E-state index in [1.807, 2.05) is 0 Å². The van der Waals surface area contributed by atoms with Gasteiger partial charge in [-0.3, -0.25) is 4.98 Å². The number of rotatable bonds is 2. The number of pyridine rings is 1. The van der Waals surface area contributed by atoms with Crippen LogP contribution in [0.5, 0.6) is 0 Å². The van der Waals surface area contributed by atoms with Crippen LogP contribution in [0.25, 0.3) is 0 Å². The monoisotopic (exact) mass is 236 g/mol. The first kappa shape index (κ1) is 9.54. The molecule has 1 heterocycles. The summed E-state index contributed by atoms with van der Waals surface area (Å²) in [6.07, 6.45) is -1.07. The first-order valence-corrected chi connectivity index (χ1v) is 4.07. The molecule has 0 aliphatic rings. The van der Waals surface area contributed by atoms with Gasteiger partial charge in [-0.15, -0.1) is 0 Å². The summed E-state index contributed by atoms with van der Waals surface area (Å²) in [5.41, 5.74) is 5.37. The molecule has 2 N–H and O–H groups in total. The van der Waals surface area contributed by atoms with E-state index in [1.165, 1.54) is 12.3 Å². The van der Waals surface area contributed by atoms with Gasteiger partial charge in [0.1, 0.15) is 0 Å². The Kier molecular flexibility index (Phi) is 3.11. The van der Waals surface area contributed by atoms with Crippen LogP contribution in [0, 0.1) is 0 Å². The van der Waals surface area contributed by atoms with Crippen LogP contribution in [0.2, 0.25) is 0 Å². The lowest BCUT2D eigenvalue weighted by Crippen LogP contribution is -2.04. The summed E-state index contributed by atoms with van der Waals surface area (Å²) in [4.78, 5) is 3.77. The second kappa shape index (κ2) is 3.91. The fourth-order valence-corrected chi connectivity index (χ4v) is 1.19. The van der Waals surface area contributed by atoms with Crippen LogP contribution >= 0.6 is 15.9 Å². The van der Waals surface area contributed by atoms with Gasteiger partial charge in [0.25, 0.3) is 6.43 Å². The van der Waals surface area contributed by atoms with Crippen LogP contribution in [0.3, 0.4) is 0 Å². The number of hydrogen-bond acceptors (Lipinski definition) is 2. The van der Waals surface area contributed by atoms with Gasteiger partial charge in [-0.2, -0.15) is 0 Å². The minimum absolute atomic E-state index is 0.0347. The third-order valence-corrected chi connectivity index (χ3v) is 1.83. The van der Waals surface area contributed by atoms with E-state index in [1.54, 1.807) is 0 Å². The average molecular weight is 237 g/mol. The van der Waals surface area contributed by atoms with E-state index in [9.17, 15) is 8.78 Å². The maximum Gasteiger partial charge on any atom is 0.265 e. The van der Waals surface area contributed by atoms with Crippen molar-refractivity contribution in [1.82, 2.24) is 4.98 Å². The van der Waals surface area contributed by atoms with Crippen molar-refractivity contribution in [3.8, 4) is 0 Å². The summed E-state index contributed by atoms with van der Waals surface area (Å²) in [6.45, 7) is 0.0347. The molecule has 0 bridgehead atoms. The summed E-state index contributed by atoms with van der Waals surface area (Å²) < 4.78 is 25.1. The summed E-state index contributed by atoms with van der Waals surface area (Å²) >= 11 is 3.06. The standard InChI is InChI=1S/C7H7BrF2N2/c8-4-1-5(7(9)10)6(2-11)12-3-4/h1,3,7H,2,11H2. The lowest BCUT2D eigenvalue weighted by atomic mass is 10.2. The maximum absolute atomic E-state index is 12.3. The molecule has 5 heteroatoms. The Hall–Kier alpha value is -0.550. The highest BCUT2D eigenvalue weighted by Crippen LogP contribution is 2.24. The lowest BCUT2D eigenvalue weighted by Gasteiger charge is -2.05. The molecule has 0 amide bonds. The van der Waals surface area contributed by atoms with Gasteiger partial charge in [-0.1, -0.05) is 0 Å². The second-order valence-electron chi connectivity index (χ2n) is 2.19. The average Bonchev–Trinajstić information content (AvgIpc) is 2.04. The second-order valence-corrected chi connectivity index (χ2v) is 3.11. The zero-order valence-electron chi connectivity index (χ0n) is 6.10. The SMILES string of the molecule is NCc1ncc(Br)cc1C(F)F. The fourth-order valence-electron chi connectivity index (χ4n) is 0.843. The molecule has 0 unspecified atom stereocenters. The van der Waals surface area contributed by atoms with Crippen molar-refractivity contribution in [1.29, 1.82) is 0 Å². The number of hydrogen-bond donors (Lipinski definition) is 1. The molecule has 0 saturated heterocycles. The van der Waals surface area contributed by atoms with E-state index < -0.39 is 6.43 Å². The molecular weight excluding hydrogens is 230 g/mol. The Morgan fingerprint density at radius 1 is 1.58 bits per heavy atom. The first-order chi connectivity index (χ1) is 5.65. The van der Waals surface area contributed by atoms with Crippen molar-refractivity contribution in [2.45, 2.75) is 13.0 Å². The molecule has 0 spiro atoms. The molecule has 1 aromatic rings. The third kappa shape index (κ3) is 1.98. The molecule has 0 radical (unpaired) electrons. The van der Waals surface area contributed by atoms with Crippen molar-refractivity contribution in [3.63, 3.8) is 0 Å². The normalized spacial score (nSPS) is 10.8. The van der Waals surface area contributed by atoms with Gasteiger partial charge in [-0.25, -0.2) is 8.78 Å². The van der Waals surface area contributed by atoms with E-state index in [-0.39, 0.29) is 17.8 Å². The van der Waals surface area contributed by atoms with E-state index >= 15 is 0 Å². The Morgan fingerprint density at radius 3 is 2.75 bits per heavy atom. The molecule has 12 heavy (non-hydrogen) atoms. The van der Waals surface area contributed by atoms with Crippen LogP contribution in [-0.2, 0) is 6.54 Å². The Balaban J connectivity index is 3.12. The molecule has 0 saturated carbocycles. The predicted molar refractivity (Wildman–Crippen MR) is 44.8 cm³/mol. The highest BCUT2D eigenvalue weighted by Gasteiger charge is 2.13. The fraction of sp³-hybridized carbons (Fsp3) is 0.286. The molecule has 1 aromatic heterocycles. The molecular formula is C7H7BrF2N2. The number of alkyl halides is 2. The first-order valence-electron chi connectivity index (χ1n) is 3.27. The number of nitrogens with two attached hydrogens (primary N) is 1. The molecule has 0 aliphatic heterocycles. The Bertz CT molecular complexity index is 278. The molecule has 0 atom stereocenters. The lowest BCUT2D eigenvalue weighted by molar-refractivity contribution is 0.149. The topological polar surface area (TPSA) is 38.9 Å². The van der Waals surface area contributed by atoms with Gasteiger partial charge >= 0.3 is 0 Å². The van der Waals surface area contributed by atoms with E-state index in [4.69, 9.17) is 5.73 Å². The van der Waals surface area contributed by atoms with Crippen molar-refractivity contribution < 1.29 is 8.78 Å². The predicted octanol–water partition coefficient (Wildman–Crippen LogP) is 2.24. The van der Waals surface area contributed by atoms with Crippen molar-refractivity contribution in [2.75, 3.05) is 0 Å². The largest absolute Gasteiger partial charge is 0.325 e. The molecule has 1 rings (SSSR count). The highest BCUT2D eigenvalue weighted by molar-refractivity contribution is 9.10. The summed E-state index contributed by atoms with van der Waals surface area (Å²) in [5, 5.41) is 0. The number of halogens is 3. The van der Waals surface area contributed by atoms with Gasteiger partial charge in [0.15, 0.2) is 0 Å². The molecule has 0 aromatic carbocycles. The summed E-state index contributed by atoms with van der Waals surface area (Å²) in [7, 11) is 0. The minimum atomic E-state index is -2.52. The van der Waals surface area contributed by atoms with Crippen LogP contribution in [0.1, 0.15) is 17.7 Å². The maximum atomic E-state index is 12.3. The van der Waals surface area contributed by atoms with Crippen LogP contribution < -0.4 is 5.73 Å². The van der Waals surface area contributed by atoms with Gasteiger partial charge in [0.05, 0.1) is 5.69 Å². The highest BCUT2D eigenvalue weighted by atomic mass is 79.9. The number of nitrogens with zero attached hydrogens (tertiary/aromatic N) is 1. The molecule has 0 fully saturated rings. The molecule has 2 nitrogen and oxygen atoms in total. The van der Waals surface area contributed by atoms with Crippen LogP contribution in [-0.4, -0.2) is 4.98 Å². The Morgan fingerprint density at radius 2 is 2.25 bits per heavy atom. The van der Waals surface area contributed by atoms with E-state index in [0.29, 0.717) is 4.47 Å². The van der Waals surface area contributed by atoms with Crippen LogP contribution in [0.15, 0.2) is 16.7 Å². The van der Waals surface area contributed by atoms with Crippen LogP contribution in [0.4, 0.5) is 8.78 Å². The van der Waals surface area contributed by atoms with E-state index in [0.717, 1.165) is 0 Å². The quantitative estimate of drug-likeness (QED) is 0.856. The van der Waals surface area contributed by atoms with Crippen molar-refractivity contribution >= 4 is 15.9 Å². The smallest absolute Gasteiger partial charge is 0.265 e. The van der Waals surface area contributed by atoms with Gasteiger partial charge in [0, 0.05) is 22.8 Å². The van der Waals surface area contributed by atoms with Gasteiger partial charge in [-0.05, 0) is 22.0 Å². The third-order valence-electron chi connectivity index (χ3n) is 1.40. The molecule has 0 aliphatic carbocycles. The zero-order chi connectivity index (χ0) is 9.14. The van der Waals surface area contributed by atoms with Gasteiger partial charge in [0.2, 0.25) is 0 Å². The summed E-state index contributed by atoms with van der Waals surface area (Å²) in [6, 6.07) is 1.33. The molecule has 66 valence electrons. The summed E-state index contributed by atoms with van der Waals surface area (Å²) in [5.74, 6) is 0. The number of aromatic nitrogens is 1. The van der Waals surface area contributed by atoms with Crippen molar-refractivity contribution in [3.05, 3.63) is 28.0 Å². The van der Waals surface area contributed by atoms with Gasteiger partial charge < -0.3 is 5.73 Å². The Labute approximate surface area is 76.9 Å².